The first-order valence-corrected chi connectivity index (χ1v) is 11.0. The van der Waals surface area contributed by atoms with E-state index in [4.69, 9.17) is 16.3 Å². The second-order valence-electron chi connectivity index (χ2n) is 7.60. The van der Waals surface area contributed by atoms with E-state index in [1.54, 1.807) is 16.8 Å². The van der Waals surface area contributed by atoms with E-state index in [1.165, 1.54) is 18.9 Å². The smallest absolute Gasteiger partial charge is 0.258 e. The molecule has 31 heavy (non-hydrogen) atoms. The summed E-state index contributed by atoms with van der Waals surface area (Å²) in [6, 6.07) is 18.7. The first-order valence-electron chi connectivity index (χ1n) is 10.6. The molecule has 0 saturated heterocycles. The van der Waals surface area contributed by atoms with Crippen molar-refractivity contribution in [3.63, 3.8) is 0 Å². The van der Waals surface area contributed by atoms with Crippen LogP contribution in [0.5, 0.6) is 5.75 Å². The van der Waals surface area contributed by atoms with Gasteiger partial charge in [0, 0.05) is 29.5 Å². The summed E-state index contributed by atoms with van der Waals surface area (Å²) in [5, 5.41) is 0.687. The number of aromatic nitrogens is 1. The Morgan fingerprint density at radius 1 is 1.06 bits per heavy atom. The molecule has 162 valence electrons. The predicted octanol–water partition coefficient (Wildman–Crippen LogP) is 5.82. The van der Waals surface area contributed by atoms with Crippen LogP contribution in [0.4, 0.5) is 0 Å². The van der Waals surface area contributed by atoms with E-state index in [9.17, 15) is 4.79 Å². The van der Waals surface area contributed by atoms with Gasteiger partial charge in [0.05, 0.1) is 0 Å². The zero-order valence-electron chi connectivity index (χ0n) is 18.1. The van der Waals surface area contributed by atoms with Crippen molar-refractivity contribution in [1.29, 1.82) is 0 Å². The van der Waals surface area contributed by atoms with Crippen molar-refractivity contribution in [3.8, 4) is 11.4 Å². The van der Waals surface area contributed by atoms with E-state index >= 15 is 0 Å². The average Bonchev–Trinajstić information content (AvgIpc) is 2.78. The van der Waals surface area contributed by atoms with Crippen molar-refractivity contribution in [2.24, 2.45) is 0 Å². The summed E-state index contributed by atoms with van der Waals surface area (Å²) in [5.41, 5.74) is 2.80. The van der Waals surface area contributed by atoms with Crippen molar-refractivity contribution < 1.29 is 4.74 Å². The summed E-state index contributed by atoms with van der Waals surface area (Å²) < 4.78 is 7.35. The molecule has 2 aromatic carbocycles. The molecule has 3 aromatic rings. The molecule has 0 N–H and O–H groups in total. The lowest BCUT2D eigenvalue weighted by Crippen LogP contribution is -2.19. The fourth-order valence-electron chi connectivity index (χ4n) is 3.15. The normalized spacial score (nSPS) is 11.4. The van der Waals surface area contributed by atoms with Gasteiger partial charge < -0.3 is 9.64 Å². The Kier molecular flexibility index (Phi) is 8.51. The molecule has 0 aliphatic rings. The Morgan fingerprint density at radius 2 is 1.81 bits per heavy atom. The molecule has 0 spiro atoms. The molecule has 0 amide bonds. The second kappa shape index (κ2) is 11.5. The Hall–Kier alpha value is -2.82. The van der Waals surface area contributed by atoms with E-state index in [0.717, 1.165) is 29.9 Å². The van der Waals surface area contributed by atoms with Gasteiger partial charge in [-0.3, -0.25) is 9.36 Å². The monoisotopic (exact) mass is 436 g/mol. The topological polar surface area (TPSA) is 34.5 Å². The predicted molar refractivity (Wildman–Crippen MR) is 129 cm³/mol. The maximum Gasteiger partial charge on any atom is 0.258 e. The molecule has 1 aromatic heterocycles. The number of pyridine rings is 1. The Balaban J connectivity index is 1.59. The van der Waals surface area contributed by atoms with Crippen LogP contribution in [0.25, 0.3) is 11.8 Å². The van der Waals surface area contributed by atoms with Gasteiger partial charge in [-0.2, -0.15) is 0 Å². The SMILES string of the molecule is CCCCN(C)CC=Cc1ccc(-n2ccc(OCc3ccc(Cl)cc3)cc2=O)cc1. The van der Waals surface area contributed by atoms with Gasteiger partial charge in [0.1, 0.15) is 12.4 Å². The maximum atomic E-state index is 12.6. The van der Waals surface area contributed by atoms with Crippen LogP contribution in [0.15, 0.2) is 77.7 Å². The van der Waals surface area contributed by atoms with E-state index < -0.39 is 0 Å². The van der Waals surface area contributed by atoms with E-state index in [2.05, 4.69) is 31.0 Å². The molecule has 0 unspecified atom stereocenters. The number of nitrogens with zero attached hydrogens (tertiary/aromatic N) is 2. The van der Waals surface area contributed by atoms with Crippen LogP contribution in [-0.2, 0) is 6.61 Å². The maximum absolute atomic E-state index is 12.6. The lowest BCUT2D eigenvalue weighted by molar-refractivity contribution is 0.305. The summed E-state index contributed by atoms with van der Waals surface area (Å²) in [5.74, 6) is 0.544. The van der Waals surface area contributed by atoms with Gasteiger partial charge >= 0.3 is 0 Å². The number of likely N-dealkylation sites (N-methyl/N-ethyl adjacent to an activating group) is 1. The fraction of sp³-hybridized carbons (Fsp3) is 0.269. The summed E-state index contributed by atoms with van der Waals surface area (Å²) in [6.07, 6.45) is 8.46. The van der Waals surface area contributed by atoms with Crippen LogP contribution in [-0.4, -0.2) is 29.6 Å². The van der Waals surface area contributed by atoms with Gasteiger partial charge in [-0.25, -0.2) is 0 Å². The first kappa shape index (κ1) is 22.9. The van der Waals surface area contributed by atoms with Gasteiger partial charge in [-0.05, 0) is 61.5 Å². The van der Waals surface area contributed by atoms with Gasteiger partial charge in [-0.15, -0.1) is 0 Å². The first-order chi connectivity index (χ1) is 15.0. The van der Waals surface area contributed by atoms with Gasteiger partial charge in [-0.1, -0.05) is 61.4 Å². The van der Waals surface area contributed by atoms with Crippen molar-refractivity contribution in [1.82, 2.24) is 9.47 Å². The fourth-order valence-corrected chi connectivity index (χ4v) is 3.27. The highest BCUT2D eigenvalue weighted by atomic mass is 35.5. The highest BCUT2D eigenvalue weighted by molar-refractivity contribution is 6.30. The summed E-state index contributed by atoms with van der Waals surface area (Å²) in [6.45, 7) is 4.63. The number of hydrogen-bond donors (Lipinski definition) is 0. The molecular formula is C26H29ClN2O2. The molecule has 0 saturated carbocycles. The molecule has 3 rings (SSSR count). The van der Waals surface area contributed by atoms with Crippen molar-refractivity contribution >= 4 is 17.7 Å². The number of ether oxygens (including phenoxy) is 1. The van der Waals surface area contributed by atoms with Gasteiger partial charge in [0.2, 0.25) is 0 Å². The third kappa shape index (κ3) is 7.12. The molecule has 0 aliphatic heterocycles. The second-order valence-corrected chi connectivity index (χ2v) is 8.03. The Morgan fingerprint density at radius 3 is 2.48 bits per heavy atom. The highest BCUT2D eigenvalue weighted by Crippen LogP contribution is 2.15. The van der Waals surface area contributed by atoms with Crippen LogP contribution in [0.3, 0.4) is 0 Å². The van der Waals surface area contributed by atoms with Crippen LogP contribution in [0.2, 0.25) is 5.02 Å². The minimum absolute atomic E-state index is 0.130. The molecule has 0 aliphatic carbocycles. The van der Waals surface area contributed by atoms with Gasteiger partial charge in [0.15, 0.2) is 0 Å². The van der Waals surface area contributed by atoms with Crippen LogP contribution in [0, 0.1) is 0 Å². The number of rotatable bonds is 10. The van der Waals surface area contributed by atoms with Crippen molar-refractivity contribution in [2.75, 3.05) is 20.1 Å². The zero-order valence-corrected chi connectivity index (χ0v) is 18.9. The van der Waals surface area contributed by atoms with Crippen LogP contribution >= 0.6 is 11.6 Å². The molecule has 4 nitrogen and oxygen atoms in total. The highest BCUT2D eigenvalue weighted by Gasteiger charge is 2.03. The molecule has 5 heteroatoms. The van der Waals surface area contributed by atoms with Gasteiger partial charge in [0.25, 0.3) is 5.56 Å². The number of benzene rings is 2. The van der Waals surface area contributed by atoms with E-state index in [0.29, 0.717) is 17.4 Å². The zero-order chi connectivity index (χ0) is 22.1. The van der Waals surface area contributed by atoms with E-state index in [1.807, 2.05) is 48.5 Å². The number of hydrogen-bond acceptors (Lipinski definition) is 3. The summed E-state index contributed by atoms with van der Waals surface area (Å²) >= 11 is 5.90. The molecule has 0 atom stereocenters. The minimum Gasteiger partial charge on any atom is -0.489 e. The largest absolute Gasteiger partial charge is 0.489 e. The Labute approximate surface area is 189 Å². The Bertz CT molecular complexity index is 1040. The number of unbranched alkanes of at least 4 members (excludes halogenated alkanes) is 1. The quantitative estimate of drug-likeness (QED) is 0.402. The third-order valence-electron chi connectivity index (χ3n) is 5.00. The minimum atomic E-state index is -0.130. The molecule has 1 heterocycles. The lowest BCUT2D eigenvalue weighted by Gasteiger charge is -2.13. The molecular weight excluding hydrogens is 408 g/mol. The lowest BCUT2D eigenvalue weighted by atomic mass is 10.2. The molecule has 0 bridgehead atoms. The molecule has 0 radical (unpaired) electrons. The average molecular weight is 437 g/mol. The standard InChI is InChI=1S/C26H29ClN2O2/c1-3-4-16-28(2)17-5-6-21-9-13-24(14-10-21)29-18-15-25(19-26(29)30)31-20-22-7-11-23(27)12-8-22/h5-15,18-19H,3-4,16-17,20H2,1-2H3. The molecule has 0 fully saturated rings. The van der Waals surface area contributed by atoms with E-state index in [-0.39, 0.29) is 5.56 Å². The summed E-state index contributed by atoms with van der Waals surface area (Å²) in [4.78, 5) is 14.9. The van der Waals surface area contributed by atoms with Crippen molar-refractivity contribution in [3.05, 3.63) is 99.4 Å². The number of halogens is 1. The third-order valence-corrected chi connectivity index (χ3v) is 5.25. The van der Waals surface area contributed by atoms with Crippen LogP contribution < -0.4 is 10.3 Å². The van der Waals surface area contributed by atoms with Crippen molar-refractivity contribution in [2.45, 2.75) is 26.4 Å². The van der Waals surface area contributed by atoms with Crippen LogP contribution in [0.1, 0.15) is 30.9 Å². The summed E-state index contributed by atoms with van der Waals surface area (Å²) in [7, 11) is 2.14.